The van der Waals surface area contributed by atoms with E-state index in [1.54, 1.807) is 6.07 Å². The predicted molar refractivity (Wildman–Crippen MR) is 87.2 cm³/mol. The summed E-state index contributed by atoms with van der Waals surface area (Å²) in [4.78, 5) is 14.4. The van der Waals surface area contributed by atoms with Crippen LogP contribution in [-0.4, -0.2) is 23.9 Å². The highest BCUT2D eigenvalue weighted by molar-refractivity contribution is 5.80. The van der Waals surface area contributed by atoms with Crippen molar-refractivity contribution in [1.82, 2.24) is 4.90 Å². The molecule has 5 heteroatoms. The Hall–Kier alpha value is -1.78. The normalized spacial score (nSPS) is 20.0. The number of hydrogen-bond acceptors (Lipinski definition) is 1. The first-order valence-electron chi connectivity index (χ1n) is 8.60. The van der Waals surface area contributed by atoms with Crippen molar-refractivity contribution >= 4 is 11.5 Å². The molecule has 24 heavy (non-hydrogen) atoms. The van der Waals surface area contributed by atoms with Crippen molar-refractivity contribution in [1.29, 1.82) is 0 Å². The van der Waals surface area contributed by atoms with Crippen LogP contribution in [0.2, 0.25) is 0 Å². The summed E-state index contributed by atoms with van der Waals surface area (Å²) in [6.07, 6.45) is 3.58. The lowest BCUT2D eigenvalue weighted by atomic mass is 9.87. The summed E-state index contributed by atoms with van der Waals surface area (Å²) in [5.74, 6) is 0.358. The second-order valence-electron chi connectivity index (χ2n) is 6.68. The first-order chi connectivity index (χ1) is 11.4. The standard InChI is InChI=1S/C19H22F3NO/c20-19(21,22)17-8-4-7-16(13-17)14-9-11-23(12-10-14)18(24)15-5-2-1-3-6-15/h4,7-9,13,15H,1-3,5-6,10-12H2. The molecule has 1 aromatic rings. The minimum absolute atomic E-state index is 0.141. The number of hydrogen-bond donors (Lipinski definition) is 0. The van der Waals surface area contributed by atoms with Gasteiger partial charge in [0, 0.05) is 19.0 Å². The van der Waals surface area contributed by atoms with Gasteiger partial charge in [-0.25, -0.2) is 0 Å². The van der Waals surface area contributed by atoms with E-state index < -0.39 is 11.7 Å². The average molecular weight is 337 g/mol. The third-order valence-electron chi connectivity index (χ3n) is 5.04. The number of halogens is 3. The summed E-state index contributed by atoms with van der Waals surface area (Å²) in [5.41, 5.74) is 0.880. The molecule has 0 bridgehead atoms. The van der Waals surface area contributed by atoms with Crippen LogP contribution in [0.5, 0.6) is 0 Å². The topological polar surface area (TPSA) is 20.3 Å². The summed E-state index contributed by atoms with van der Waals surface area (Å²) in [7, 11) is 0. The van der Waals surface area contributed by atoms with Crippen molar-refractivity contribution in [3.05, 3.63) is 41.5 Å². The lowest BCUT2D eigenvalue weighted by Crippen LogP contribution is -2.39. The fourth-order valence-electron chi connectivity index (χ4n) is 3.63. The van der Waals surface area contributed by atoms with E-state index >= 15 is 0 Å². The van der Waals surface area contributed by atoms with Gasteiger partial charge in [-0.15, -0.1) is 0 Å². The maximum Gasteiger partial charge on any atom is 0.416 e. The SMILES string of the molecule is O=C(C1CCCCC1)N1CC=C(c2cccc(C(F)(F)F)c2)CC1. The number of nitrogens with zero attached hydrogens (tertiary/aromatic N) is 1. The Morgan fingerprint density at radius 2 is 1.88 bits per heavy atom. The highest BCUT2D eigenvalue weighted by Gasteiger charge is 2.31. The molecule has 1 heterocycles. The van der Waals surface area contributed by atoms with Crippen LogP contribution in [-0.2, 0) is 11.0 Å². The molecule has 0 aromatic heterocycles. The monoisotopic (exact) mass is 337 g/mol. The highest BCUT2D eigenvalue weighted by Crippen LogP contribution is 2.33. The smallest absolute Gasteiger partial charge is 0.338 e. The van der Waals surface area contributed by atoms with Gasteiger partial charge in [0.05, 0.1) is 5.56 Å². The fraction of sp³-hybridized carbons (Fsp3) is 0.526. The molecule has 1 aliphatic heterocycles. The van der Waals surface area contributed by atoms with Crippen molar-refractivity contribution < 1.29 is 18.0 Å². The molecule has 1 aromatic carbocycles. The Kier molecular flexibility index (Phi) is 4.97. The second-order valence-corrected chi connectivity index (χ2v) is 6.68. The molecule has 1 saturated carbocycles. The fourth-order valence-corrected chi connectivity index (χ4v) is 3.63. The van der Waals surface area contributed by atoms with Gasteiger partial charge in [-0.1, -0.05) is 37.5 Å². The lowest BCUT2D eigenvalue weighted by Gasteiger charge is -2.31. The van der Waals surface area contributed by atoms with Gasteiger partial charge in [-0.3, -0.25) is 4.79 Å². The van der Waals surface area contributed by atoms with E-state index in [4.69, 9.17) is 0 Å². The third kappa shape index (κ3) is 3.82. The van der Waals surface area contributed by atoms with Crippen LogP contribution in [0.1, 0.15) is 49.7 Å². The van der Waals surface area contributed by atoms with E-state index in [9.17, 15) is 18.0 Å². The molecular formula is C19H22F3NO. The van der Waals surface area contributed by atoms with Gasteiger partial charge < -0.3 is 4.90 Å². The van der Waals surface area contributed by atoms with Crippen molar-refractivity contribution in [2.24, 2.45) is 5.92 Å². The van der Waals surface area contributed by atoms with Crippen LogP contribution in [0.3, 0.4) is 0 Å². The molecule has 1 amide bonds. The summed E-state index contributed by atoms with van der Waals surface area (Å²) >= 11 is 0. The Balaban J connectivity index is 1.68. The number of rotatable bonds is 2. The molecule has 1 aliphatic carbocycles. The van der Waals surface area contributed by atoms with Gasteiger partial charge in [0.25, 0.3) is 0 Å². The van der Waals surface area contributed by atoms with E-state index in [-0.39, 0.29) is 11.8 Å². The Morgan fingerprint density at radius 1 is 1.12 bits per heavy atom. The molecule has 0 unspecified atom stereocenters. The highest BCUT2D eigenvalue weighted by atomic mass is 19.4. The predicted octanol–water partition coefficient (Wildman–Crippen LogP) is 4.90. The van der Waals surface area contributed by atoms with Crippen LogP contribution >= 0.6 is 0 Å². The molecule has 2 nitrogen and oxygen atoms in total. The quantitative estimate of drug-likeness (QED) is 0.751. The molecule has 0 radical (unpaired) electrons. The Labute approximate surface area is 140 Å². The molecule has 0 N–H and O–H groups in total. The van der Waals surface area contributed by atoms with Gasteiger partial charge in [-0.2, -0.15) is 13.2 Å². The third-order valence-corrected chi connectivity index (χ3v) is 5.04. The van der Waals surface area contributed by atoms with Crippen molar-refractivity contribution in [2.45, 2.75) is 44.7 Å². The zero-order valence-corrected chi connectivity index (χ0v) is 13.6. The van der Waals surface area contributed by atoms with Gasteiger partial charge in [0.15, 0.2) is 0 Å². The molecule has 0 spiro atoms. The van der Waals surface area contributed by atoms with Gasteiger partial charge in [0.1, 0.15) is 0 Å². The molecule has 2 aliphatic rings. The molecule has 1 fully saturated rings. The van der Waals surface area contributed by atoms with Crippen molar-refractivity contribution in [2.75, 3.05) is 13.1 Å². The van der Waals surface area contributed by atoms with Crippen LogP contribution in [0.4, 0.5) is 13.2 Å². The van der Waals surface area contributed by atoms with Gasteiger partial charge >= 0.3 is 6.18 Å². The minimum atomic E-state index is -4.33. The minimum Gasteiger partial charge on any atom is -0.338 e. The van der Waals surface area contributed by atoms with Crippen LogP contribution < -0.4 is 0 Å². The molecule has 0 saturated heterocycles. The molecule has 3 rings (SSSR count). The largest absolute Gasteiger partial charge is 0.416 e. The first-order valence-corrected chi connectivity index (χ1v) is 8.60. The summed E-state index contributed by atoms with van der Waals surface area (Å²) < 4.78 is 38.5. The maximum absolute atomic E-state index is 12.8. The van der Waals surface area contributed by atoms with Crippen molar-refractivity contribution in [3.8, 4) is 0 Å². The number of alkyl halides is 3. The Bertz CT molecular complexity index is 630. The van der Waals surface area contributed by atoms with E-state index in [0.717, 1.165) is 37.3 Å². The van der Waals surface area contributed by atoms with E-state index in [2.05, 4.69) is 0 Å². The summed E-state index contributed by atoms with van der Waals surface area (Å²) in [6.45, 7) is 1.10. The summed E-state index contributed by atoms with van der Waals surface area (Å²) in [6, 6.07) is 5.44. The van der Waals surface area contributed by atoms with Crippen molar-refractivity contribution in [3.63, 3.8) is 0 Å². The number of benzene rings is 1. The van der Waals surface area contributed by atoms with Crippen LogP contribution in [0, 0.1) is 5.92 Å². The molecule has 130 valence electrons. The zero-order chi connectivity index (χ0) is 17.2. The number of carbonyl (C=O) groups excluding carboxylic acids is 1. The molecule has 0 atom stereocenters. The van der Waals surface area contributed by atoms with E-state index in [1.165, 1.54) is 18.6 Å². The average Bonchev–Trinajstić information content (AvgIpc) is 2.61. The lowest BCUT2D eigenvalue weighted by molar-refractivity contribution is -0.137. The van der Waals surface area contributed by atoms with E-state index in [0.29, 0.717) is 25.1 Å². The van der Waals surface area contributed by atoms with Crippen LogP contribution in [0.25, 0.3) is 5.57 Å². The van der Waals surface area contributed by atoms with Crippen LogP contribution in [0.15, 0.2) is 30.3 Å². The first kappa shape index (κ1) is 17.1. The Morgan fingerprint density at radius 3 is 2.50 bits per heavy atom. The van der Waals surface area contributed by atoms with Gasteiger partial charge in [-0.05, 0) is 42.5 Å². The summed E-state index contributed by atoms with van der Waals surface area (Å²) in [5, 5.41) is 0. The van der Waals surface area contributed by atoms with Gasteiger partial charge in [0.2, 0.25) is 5.91 Å². The molecular weight excluding hydrogens is 315 g/mol. The number of carbonyl (C=O) groups is 1. The van der Waals surface area contributed by atoms with E-state index in [1.807, 2.05) is 11.0 Å². The maximum atomic E-state index is 12.8. The number of amides is 1. The zero-order valence-electron chi connectivity index (χ0n) is 13.6. The second kappa shape index (κ2) is 6.99.